The summed E-state index contributed by atoms with van der Waals surface area (Å²) < 4.78 is 47.5. The number of piperidine rings is 1. The molecule has 1 N–H and O–H groups in total. The molecule has 2 heterocycles. The molecule has 2 aromatic carbocycles. The number of rotatable bonds is 6. The van der Waals surface area contributed by atoms with Gasteiger partial charge in [0.25, 0.3) is 0 Å². The quantitative estimate of drug-likeness (QED) is 0.615. The SMILES string of the molecule is O=C(NC1=CS(=S(=O)=O)C=N1)Oc1ccc(OC2CCN(Cc3ccccc3)CC2)c(Cl)c1F. The highest BCUT2D eigenvalue weighted by molar-refractivity contribution is 8.42. The van der Waals surface area contributed by atoms with Crippen molar-refractivity contribution >= 4 is 42.0 Å². The van der Waals surface area contributed by atoms with Gasteiger partial charge in [-0.15, -0.1) is 0 Å². The zero-order valence-electron chi connectivity index (χ0n) is 17.8. The molecule has 0 aromatic heterocycles. The standard InChI is InChI=1S/C22H21ClFN3O5S2/c23-20-17(31-16-8-10-27(11-9-16)12-15-4-2-1-3-5-15)6-7-18(21(20)24)32-22(28)26-19-13-33(14-25-19)34(29)30/h1-7,13-14,16H,8-12H2,(H,26,28). The van der Waals surface area contributed by atoms with Crippen molar-refractivity contribution in [3.63, 3.8) is 0 Å². The molecule has 2 aliphatic rings. The lowest BCUT2D eigenvalue weighted by Crippen LogP contribution is -2.37. The van der Waals surface area contributed by atoms with Crippen LogP contribution in [0.3, 0.4) is 0 Å². The molecule has 0 spiro atoms. The second kappa shape index (κ2) is 11.1. The molecule has 8 nitrogen and oxygen atoms in total. The monoisotopic (exact) mass is 525 g/mol. The largest absolute Gasteiger partial charge is 0.489 e. The first-order valence-corrected chi connectivity index (χ1v) is 13.7. The molecule has 1 saturated heterocycles. The number of hydrogen-bond donors (Lipinski definition) is 1. The summed E-state index contributed by atoms with van der Waals surface area (Å²) in [7, 11) is -3.59. The molecule has 4 rings (SSSR count). The van der Waals surface area contributed by atoms with Gasteiger partial charge in [-0.3, -0.25) is 10.2 Å². The van der Waals surface area contributed by atoms with Gasteiger partial charge in [0.15, 0.2) is 11.6 Å². The number of nitrogens with one attached hydrogen (secondary N) is 1. The average molecular weight is 526 g/mol. The van der Waals surface area contributed by atoms with E-state index in [1.807, 2.05) is 18.2 Å². The van der Waals surface area contributed by atoms with Gasteiger partial charge in [0.2, 0.25) is 9.26 Å². The lowest BCUT2D eigenvalue weighted by molar-refractivity contribution is 0.0965. The van der Waals surface area contributed by atoms with E-state index in [1.165, 1.54) is 28.7 Å². The maximum absolute atomic E-state index is 14.7. The van der Waals surface area contributed by atoms with Gasteiger partial charge < -0.3 is 9.47 Å². The Kier molecular flexibility index (Phi) is 7.99. The number of benzene rings is 2. The second-order valence-corrected chi connectivity index (χ2v) is 11.4. The molecule has 34 heavy (non-hydrogen) atoms. The number of amides is 1. The van der Waals surface area contributed by atoms with E-state index < -0.39 is 30.6 Å². The van der Waals surface area contributed by atoms with E-state index in [4.69, 9.17) is 21.1 Å². The van der Waals surface area contributed by atoms with Crippen molar-refractivity contribution in [2.24, 2.45) is 4.99 Å². The molecule has 1 amide bonds. The summed E-state index contributed by atoms with van der Waals surface area (Å²) in [6.07, 6.45) is 0.416. The third-order valence-corrected chi connectivity index (χ3v) is 8.13. The molecule has 2 aromatic rings. The van der Waals surface area contributed by atoms with Crippen LogP contribution in [-0.4, -0.2) is 44.2 Å². The second-order valence-electron chi connectivity index (χ2n) is 7.55. The first-order chi connectivity index (χ1) is 16.4. The Bertz CT molecular complexity index is 1270. The maximum Gasteiger partial charge on any atom is 0.418 e. The van der Waals surface area contributed by atoms with Crippen LogP contribution in [0.15, 0.2) is 58.7 Å². The van der Waals surface area contributed by atoms with Gasteiger partial charge >= 0.3 is 6.09 Å². The molecule has 12 heteroatoms. The summed E-state index contributed by atoms with van der Waals surface area (Å²) in [5, 5.41) is 3.22. The third kappa shape index (κ3) is 6.23. The molecule has 0 saturated carbocycles. The fraction of sp³-hybridized carbons (Fsp3) is 0.273. The van der Waals surface area contributed by atoms with E-state index in [0.717, 1.165) is 32.5 Å². The Morgan fingerprint density at radius 1 is 1.18 bits per heavy atom. The fourth-order valence-corrected chi connectivity index (χ4v) is 5.35. The zero-order chi connectivity index (χ0) is 24.1. The van der Waals surface area contributed by atoms with Gasteiger partial charge in [0.05, 0.1) is 5.55 Å². The smallest absolute Gasteiger partial charge is 0.418 e. The van der Waals surface area contributed by atoms with E-state index in [-0.39, 0.29) is 28.4 Å². The first kappa shape index (κ1) is 24.4. The number of ether oxygens (including phenoxy) is 2. The minimum Gasteiger partial charge on any atom is -0.489 e. The lowest BCUT2D eigenvalue weighted by atomic mass is 10.1. The summed E-state index contributed by atoms with van der Waals surface area (Å²) >= 11 is 6.14. The molecule has 2 aliphatic heterocycles. The number of halogens is 2. The average Bonchev–Trinajstić information content (AvgIpc) is 3.29. The highest BCUT2D eigenvalue weighted by atomic mass is 35.5. The van der Waals surface area contributed by atoms with Crippen LogP contribution in [0.2, 0.25) is 5.02 Å². The van der Waals surface area contributed by atoms with Crippen molar-refractivity contribution < 1.29 is 27.1 Å². The highest BCUT2D eigenvalue weighted by Gasteiger charge is 2.24. The van der Waals surface area contributed by atoms with Crippen molar-refractivity contribution in [2.75, 3.05) is 13.1 Å². The number of carbonyl (C=O) groups is 1. The first-order valence-electron chi connectivity index (χ1n) is 10.4. The number of likely N-dealkylation sites (tertiary alicyclic amines) is 1. The number of nitrogens with zero attached hydrogens (tertiary/aromatic N) is 2. The van der Waals surface area contributed by atoms with Crippen LogP contribution in [0.4, 0.5) is 9.18 Å². The Morgan fingerprint density at radius 3 is 2.56 bits per heavy atom. The maximum atomic E-state index is 14.7. The number of carbonyl (C=O) groups excluding carboxylic acids is 1. The van der Waals surface area contributed by atoms with Gasteiger partial charge in [-0.25, -0.2) is 14.2 Å². The van der Waals surface area contributed by atoms with Gasteiger partial charge in [0.1, 0.15) is 22.7 Å². The van der Waals surface area contributed by atoms with Gasteiger partial charge in [-0.05, 0) is 30.5 Å². The molecular formula is C22H21ClFN3O5S2. The summed E-state index contributed by atoms with van der Waals surface area (Å²) in [4.78, 5) is 18.1. The molecule has 180 valence electrons. The van der Waals surface area contributed by atoms with Crippen molar-refractivity contribution in [3.8, 4) is 11.5 Å². The molecule has 1 fully saturated rings. The predicted octanol–water partition coefficient (Wildman–Crippen LogP) is 3.86. The molecule has 0 bridgehead atoms. The normalized spacial score (nSPS) is 18.4. The summed E-state index contributed by atoms with van der Waals surface area (Å²) in [6.45, 7) is 2.57. The van der Waals surface area contributed by atoms with E-state index >= 15 is 0 Å². The minimum atomic E-state index is -2.37. The van der Waals surface area contributed by atoms with Crippen LogP contribution in [0.25, 0.3) is 0 Å². The molecular weight excluding hydrogens is 505 g/mol. The van der Waals surface area contributed by atoms with Crippen molar-refractivity contribution in [2.45, 2.75) is 25.5 Å². The fourth-order valence-electron chi connectivity index (χ4n) is 3.54. The Hall–Kier alpha value is -2.73. The molecule has 0 aliphatic carbocycles. The van der Waals surface area contributed by atoms with E-state index in [1.54, 1.807) is 0 Å². The van der Waals surface area contributed by atoms with Crippen LogP contribution in [-0.2, 0) is 25.3 Å². The topological polar surface area (TPSA) is 97.3 Å². The van der Waals surface area contributed by atoms with Gasteiger partial charge in [0, 0.05) is 34.5 Å². The van der Waals surface area contributed by atoms with E-state index in [9.17, 15) is 17.6 Å². The summed E-state index contributed by atoms with van der Waals surface area (Å²) in [5.74, 6) is -1.14. The number of aliphatic imine (C=N–C) groups is 1. The number of hydrogen-bond acceptors (Lipinski definition) is 7. The minimum absolute atomic E-state index is 0.00241. The highest BCUT2D eigenvalue weighted by Crippen LogP contribution is 2.35. The van der Waals surface area contributed by atoms with Gasteiger partial charge in [-0.2, -0.15) is 8.42 Å². The van der Waals surface area contributed by atoms with Crippen LogP contribution in [0, 0.1) is 5.82 Å². The zero-order valence-corrected chi connectivity index (χ0v) is 20.2. The van der Waals surface area contributed by atoms with Crippen LogP contribution in [0.1, 0.15) is 18.4 Å². The third-order valence-electron chi connectivity index (χ3n) is 5.20. The molecule has 1 atom stereocenters. The van der Waals surface area contributed by atoms with E-state index in [2.05, 4.69) is 27.3 Å². The van der Waals surface area contributed by atoms with Crippen LogP contribution >= 0.6 is 11.6 Å². The van der Waals surface area contributed by atoms with Crippen LogP contribution in [0.5, 0.6) is 11.5 Å². The Morgan fingerprint density at radius 2 is 1.88 bits per heavy atom. The van der Waals surface area contributed by atoms with E-state index in [0.29, 0.717) is 0 Å². The van der Waals surface area contributed by atoms with Crippen molar-refractivity contribution in [1.29, 1.82) is 0 Å². The Balaban J connectivity index is 1.31. The molecule has 1 unspecified atom stereocenters. The van der Waals surface area contributed by atoms with Crippen molar-refractivity contribution in [1.82, 2.24) is 10.2 Å². The summed E-state index contributed by atoms with van der Waals surface area (Å²) in [5.41, 5.74) is 2.43. The van der Waals surface area contributed by atoms with Gasteiger partial charge in [-0.1, -0.05) is 41.9 Å². The molecule has 0 radical (unpaired) electrons. The lowest BCUT2D eigenvalue weighted by Gasteiger charge is -2.32. The summed E-state index contributed by atoms with van der Waals surface area (Å²) in [6, 6.07) is 12.9. The predicted molar refractivity (Wildman–Crippen MR) is 129 cm³/mol. The van der Waals surface area contributed by atoms with Crippen LogP contribution < -0.4 is 14.8 Å². The van der Waals surface area contributed by atoms with Crippen molar-refractivity contribution in [3.05, 3.63) is 70.1 Å². The Labute approximate surface area is 204 Å².